The zero-order valence-electron chi connectivity index (χ0n) is 18.9. The molecule has 1 aliphatic carbocycles. The number of aryl methyl sites for hydroxylation is 1. The summed E-state index contributed by atoms with van der Waals surface area (Å²) in [6.45, 7) is 3.73. The summed E-state index contributed by atoms with van der Waals surface area (Å²) in [5.41, 5.74) is 5.39. The van der Waals surface area contributed by atoms with E-state index in [1.807, 2.05) is 47.2 Å². The molecule has 0 fully saturated rings. The molecule has 2 N–H and O–H groups in total. The van der Waals surface area contributed by atoms with Gasteiger partial charge in [0.2, 0.25) is 11.8 Å². The lowest BCUT2D eigenvalue weighted by Crippen LogP contribution is -2.57. The number of benzene rings is 1. The van der Waals surface area contributed by atoms with E-state index < -0.39 is 23.8 Å². The van der Waals surface area contributed by atoms with Crippen molar-refractivity contribution >= 4 is 23.6 Å². The van der Waals surface area contributed by atoms with E-state index in [0.29, 0.717) is 12.8 Å². The monoisotopic (exact) mass is 451 g/mol. The largest absolute Gasteiger partial charge is 0.481 e. The first-order chi connectivity index (χ1) is 15.8. The van der Waals surface area contributed by atoms with Gasteiger partial charge in [0.25, 0.3) is 0 Å². The molecule has 0 radical (unpaired) electrons. The van der Waals surface area contributed by atoms with Crippen LogP contribution in [0.25, 0.3) is 0 Å². The normalized spacial score (nSPS) is 21.8. The number of rotatable bonds is 5. The molecule has 2 amide bonds. The molecule has 0 saturated carbocycles. The van der Waals surface area contributed by atoms with Crippen molar-refractivity contribution in [3.63, 3.8) is 0 Å². The van der Waals surface area contributed by atoms with E-state index in [0.717, 1.165) is 16.8 Å². The highest BCUT2D eigenvalue weighted by Crippen LogP contribution is 2.40. The Bertz CT molecular complexity index is 1070. The minimum absolute atomic E-state index is 0.0979. The molecule has 4 rings (SSSR count). The zero-order valence-corrected chi connectivity index (χ0v) is 18.9. The number of carboxylic acid groups (broad SMARTS) is 1. The first-order valence-corrected chi connectivity index (χ1v) is 11.4. The van der Waals surface area contributed by atoms with E-state index in [9.17, 15) is 24.3 Å². The third-order valence-corrected chi connectivity index (χ3v) is 6.56. The van der Waals surface area contributed by atoms with Gasteiger partial charge >= 0.3 is 5.97 Å². The number of nitrogens with zero attached hydrogens (tertiary/aromatic N) is 2. The van der Waals surface area contributed by atoms with E-state index in [1.165, 1.54) is 5.01 Å². The van der Waals surface area contributed by atoms with Crippen molar-refractivity contribution in [1.29, 1.82) is 0 Å². The Morgan fingerprint density at radius 1 is 1.18 bits per heavy atom. The van der Waals surface area contributed by atoms with Crippen LogP contribution in [0.5, 0.6) is 0 Å². The molecule has 1 aromatic carbocycles. The van der Waals surface area contributed by atoms with Crippen molar-refractivity contribution in [2.24, 2.45) is 11.8 Å². The second kappa shape index (κ2) is 9.21. The maximum Gasteiger partial charge on any atom is 0.308 e. The van der Waals surface area contributed by atoms with Crippen LogP contribution >= 0.6 is 0 Å². The molecule has 1 aliphatic heterocycles. The number of Topliss-reactive ketones (excluding diaryl/α,β-unsaturated/α-hetero) is 1. The maximum absolute atomic E-state index is 13.4. The molecule has 1 aromatic heterocycles. The topological polar surface area (TPSA) is 109 Å². The lowest BCUT2D eigenvalue weighted by atomic mass is 9.79. The summed E-state index contributed by atoms with van der Waals surface area (Å²) in [4.78, 5) is 51.2. The number of carboxylic acids is 1. The van der Waals surface area contributed by atoms with E-state index in [1.54, 1.807) is 13.8 Å². The first kappa shape index (κ1) is 22.8. The van der Waals surface area contributed by atoms with Crippen LogP contribution in [0.2, 0.25) is 0 Å². The van der Waals surface area contributed by atoms with Gasteiger partial charge in [0, 0.05) is 30.8 Å². The summed E-state index contributed by atoms with van der Waals surface area (Å²) < 4.78 is 1.85. The zero-order chi connectivity index (χ0) is 23.7. The highest BCUT2D eigenvalue weighted by molar-refractivity contribution is 5.92. The predicted octanol–water partition coefficient (Wildman–Crippen LogP) is 2.32. The van der Waals surface area contributed by atoms with Gasteiger partial charge in [-0.3, -0.25) is 24.6 Å². The van der Waals surface area contributed by atoms with Crippen molar-refractivity contribution < 1.29 is 24.3 Å². The average Bonchev–Trinajstić information content (AvgIpc) is 3.11. The Balaban J connectivity index is 1.66. The third kappa shape index (κ3) is 4.55. The lowest BCUT2D eigenvalue weighted by molar-refractivity contribution is -0.149. The van der Waals surface area contributed by atoms with Crippen molar-refractivity contribution in [3.8, 4) is 0 Å². The van der Waals surface area contributed by atoms with Crippen LogP contribution in [0.1, 0.15) is 49.4 Å². The van der Waals surface area contributed by atoms with Crippen LogP contribution in [0.15, 0.2) is 42.6 Å². The Morgan fingerprint density at radius 3 is 2.58 bits per heavy atom. The van der Waals surface area contributed by atoms with Crippen molar-refractivity contribution in [3.05, 3.63) is 59.4 Å². The highest BCUT2D eigenvalue weighted by atomic mass is 16.4. The number of nitrogens with one attached hydrogen (secondary N) is 1. The van der Waals surface area contributed by atoms with Gasteiger partial charge in [-0.15, -0.1) is 0 Å². The van der Waals surface area contributed by atoms with Gasteiger partial charge < -0.3 is 9.67 Å². The van der Waals surface area contributed by atoms with Gasteiger partial charge in [0.1, 0.15) is 5.78 Å². The predicted molar refractivity (Wildman–Crippen MR) is 120 cm³/mol. The minimum atomic E-state index is -1.01. The fourth-order valence-electron chi connectivity index (χ4n) is 4.95. The number of aliphatic carboxylic acids is 1. The van der Waals surface area contributed by atoms with Crippen LogP contribution in [-0.4, -0.2) is 44.3 Å². The summed E-state index contributed by atoms with van der Waals surface area (Å²) in [5, 5.41) is 10.9. The summed E-state index contributed by atoms with van der Waals surface area (Å²) in [6, 6.07) is 10.6. The Kier molecular flexibility index (Phi) is 6.35. The molecule has 0 saturated heterocycles. The van der Waals surface area contributed by atoms with Gasteiger partial charge in [0.05, 0.1) is 24.3 Å². The van der Waals surface area contributed by atoms with Crippen molar-refractivity contribution in [1.82, 2.24) is 15.0 Å². The second-order valence-electron chi connectivity index (χ2n) is 9.23. The quantitative estimate of drug-likeness (QED) is 0.678. The van der Waals surface area contributed by atoms with E-state index in [2.05, 4.69) is 5.43 Å². The SMILES string of the molecule is CC(C)C(=O)N(NC(=O)Cc1ccccc1)[C@H]1CCc2ccn3c2C1C(=O)C[C@H](C(=O)O)C3. The maximum atomic E-state index is 13.4. The molecular formula is C25H29N3O5. The van der Waals surface area contributed by atoms with Crippen LogP contribution in [0.4, 0.5) is 0 Å². The first-order valence-electron chi connectivity index (χ1n) is 11.4. The van der Waals surface area contributed by atoms with Crippen LogP contribution in [-0.2, 0) is 38.6 Å². The number of ketones is 1. The van der Waals surface area contributed by atoms with Gasteiger partial charge in [-0.05, 0) is 30.0 Å². The van der Waals surface area contributed by atoms with Crippen molar-refractivity contribution in [2.75, 3.05) is 0 Å². The average molecular weight is 452 g/mol. The molecular weight excluding hydrogens is 422 g/mol. The van der Waals surface area contributed by atoms with Crippen LogP contribution in [0.3, 0.4) is 0 Å². The molecule has 8 heteroatoms. The number of hydrogen-bond acceptors (Lipinski definition) is 4. The van der Waals surface area contributed by atoms with E-state index in [4.69, 9.17) is 0 Å². The van der Waals surface area contributed by atoms with Crippen LogP contribution < -0.4 is 5.43 Å². The van der Waals surface area contributed by atoms with Crippen LogP contribution in [0, 0.1) is 11.8 Å². The molecule has 8 nitrogen and oxygen atoms in total. The second-order valence-corrected chi connectivity index (χ2v) is 9.23. The lowest BCUT2D eigenvalue weighted by Gasteiger charge is -2.40. The van der Waals surface area contributed by atoms with Gasteiger partial charge in [0.15, 0.2) is 0 Å². The number of amides is 2. The molecule has 0 bridgehead atoms. The van der Waals surface area contributed by atoms with Gasteiger partial charge in [-0.25, -0.2) is 5.01 Å². The molecule has 33 heavy (non-hydrogen) atoms. The highest BCUT2D eigenvalue weighted by Gasteiger charge is 2.45. The van der Waals surface area contributed by atoms with E-state index in [-0.39, 0.29) is 42.9 Å². The molecule has 2 aromatic rings. The summed E-state index contributed by atoms with van der Waals surface area (Å²) in [6.07, 6.45) is 2.99. The summed E-state index contributed by atoms with van der Waals surface area (Å²) >= 11 is 0. The molecule has 2 heterocycles. The Labute approximate surface area is 192 Å². The van der Waals surface area contributed by atoms with Gasteiger partial charge in [-0.2, -0.15) is 0 Å². The number of hydrogen-bond donors (Lipinski definition) is 2. The molecule has 0 spiro atoms. The third-order valence-electron chi connectivity index (χ3n) is 6.56. The summed E-state index contributed by atoms with van der Waals surface area (Å²) in [7, 11) is 0. The smallest absolute Gasteiger partial charge is 0.308 e. The number of carbonyl (C=O) groups is 4. The molecule has 1 unspecified atom stereocenters. The standard InChI is InChI=1S/C25H29N3O5/c1-15(2)24(31)28(26-21(30)12-16-6-4-3-5-7-16)19-9-8-17-10-11-27-14-18(25(32)33)13-20(29)22(19)23(17)27/h3-7,10-11,15,18-19,22H,8-9,12-14H2,1-2H3,(H,26,30)(H,32,33)/t18-,19-,22?/m0/s1. The Morgan fingerprint density at radius 2 is 1.91 bits per heavy atom. The van der Waals surface area contributed by atoms with E-state index >= 15 is 0 Å². The Hall–Kier alpha value is -3.42. The summed E-state index contributed by atoms with van der Waals surface area (Å²) in [5.74, 6) is -3.69. The number of aromatic nitrogens is 1. The minimum Gasteiger partial charge on any atom is -0.481 e. The molecule has 3 atom stereocenters. The fourth-order valence-corrected chi connectivity index (χ4v) is 4.95. The van der Waals surface area contributed by atoms with Crippen molar-refractivity contribution in [2.45, 2.75) is 58.0 Å². The fraction of sp³-hybridized carbons (Fsp3) is 0.440. The molecule has 174 valence electrons. The number of hydrazine groups is 1. The van der Waals surface area contributed by atoms with Gasteiger partial charge in [-0.1, -0.05) is 44.2 Å². The number of carbonyl (C=O) groups excluding carboxylic acids is 3. The molecule has 2 aliphatic rings.